The highest BCUT2D eigenvalue weighted by Crippen LogP contribution is 2.24. The van der Waals surface area contributed by atoms with Crippen molar-refractivity contribution in [2.45, 2.75) is 12.7 Å². The predicted molar refractivity (Wildman–Crippen MR) is 62.8 cm³/mol. The highest BCUT2D eigenvalue weighted by atomic mass is 35.7. The van der Waals surface area contributed by atoms with E-state index in [9.17, 15) is 8.42 Å². The summed E-state index contributed by atoms with van der Waals surface area (Å²) in [5, 5.41) is 0.998. The Balaban J connectivity index is 2.51. The minimum atomic E-state index is -3.49. The van der Waals surface area contributed by atoms with Crippen molar-refractivity contribution >= 4 is 41.4 Å². The fourth-order valence-electron chi connectivity index (χ4n) is 1.40. The first-order valence-corrected chi connectivity index (χ1v) is 7.48. The van der Waals surface area contributed by atoms with Crippen LogP contribution in [0.15, 0.2) is 18.2 Å². The van der Waals surface area contributed by atoms with Crippen LogP contribution in [0.3, 0.4) is 0 Å². The Kier molecular flexibility index (Phi) is 2.70. The van der Waals surface area contributed by atoms with Crippen LogP contribution >= 0.6 is 22.2 Å². The highest BCUT2D eigenvalue weighted by Gasteiger charge is 2.09. The second-order valence-electron chi connectivity index (χ2n) is 3.28. The van der Waals surface area contributed by atoms with Gasteiger partial charge in [-0.2, -0.15) is 4.37 Å². The molecule has 0 saturated carbocycles. The van der Waals surface area contributed by atoms with E-state index in [4.69, 9.17) is 10.7 Å². The van der Waals surface area contributed by atoms with E-state index in [0.29, 0.717) is 5.56 Å². The first-order chi connectivity index (χ1) is 6.96. The fraction of sp³-hybridized carbons (Fsp3) is 0.222. The Labute approximate surface area is 96.3 Å². The van der Waals surface area contributed by atoms with Gasteiger partial charge >= 0.3 is 0 Å². The van der Waals surface area contributed by atoms with Crippen molar-refractivity contribution in [2.24, 2.45) is 0 Å². The third kappa shape index (κ3) is 2.48. The summed E-state index contributed by atoms with van der Waals surface area (Å²) in [5.41, 5.74) is 1.62. The van der Waals surface area contributed by atoms with Crippen molar-refractivity contribution in [3.63, 3.8) is 0 Å². The molecule has 2 aromatic rings. The fourth-order valence-corrected chi connectivity index (χ4v) is 3.12. The average Bonchev–Trinajstić information content (AvgIpc) is 2.45. The normalized spacial score (nSPS) is 12.1. The topological polar surface area (TPSA) is 47.0 Å². The van der Waals surface area contributed by atoms with Crippen LogP contribution in [0.25, 0.3) is 10.1 Å². The molecule has 2 rings (SSSR count). The number of nitrogens with zero attached hydrogens (tertiary/aromatic N) is 1. The molecule has 0 radical (unpaired) electrons. The monoisotopic (exact) mass is 261 g/mol. The summed E-state index contributed by atoms with van der Waals surface area (Å²) in [4.78, 5) is 0. The third-order valence-corrected chi connectivity index (χ3v) is 3.98. The molecule has 0 spiro atoms. The van der Waals surface area contributed by atoms with Crippen molar-refractivity contribution in [3.8, 4) is 0 Å². The van der Waals surface area contributed by atoms with E-state index in [1.165, 1.54) is 11.5 Å². The van der Waals surface area contributed by atoms with Crippen LogP contribution in [0.2, 0.25) is 0 Å². The van der Waals surface area contributed by atoms with E-state index in [0.717, 1.165) is 15.8 Å². The van der Waals surface area contributed by atoms with Gasteiger partial charge in [-0.1, -0.05) is 6.07 Å². The molecule has 0 bridgehead atoms. The Morgan fingerprint density at radius 3 is 2.87 bits per heavy atom. The smallest absolute Gasteiger partial charge is 0.212 e. The van der Waals surface area contributed by atoms with E-state index in [1.807, 2.05) is 19.1 Å². The van der Waals surface area contributed by atoms with Crippen LogP contribution in [0, 0.1) is 6.92 Å². The molecule has 0 aliphatic heterocycles. The quantitative estimate of drug-likeness (QED) is 0.781. The molecule has 0 N–H and O–H groups in total. The summed E-state index contributed by atoms with van der Waals surface area (Å²) in [7, 11) is 1.71. The van der Waals surface area contributed by atoms with Crippen LogP contribution in [0.5, 0.6) is 0 Å². The largest absolute Gasteiger partial charge is 0.236 e. The first-order valence-electron chi connectivity index (χ1n) is 4.23. The molecule has 3 nitrogen and oxygen atoms in total. The minimum absolute atomic E-state index is 0.139. The maximum atomic E-state index is 10.9. The van der Waals surface area contributed by atoms with Crippen molar-refractivity contribution in [2.75, 3.05) is 0 Å². The first kappa shape index (κ1) is 10.9. The predicted octanol–water partition coefficient (Wildman–Crippen LogP) is 2.67. The number of aryl methyl sites for hydroxylation is 1. The molecule has 0 aliphatic carbocycles. The Morgan fingerprint density at radius 1 is 1.47 bits per heavy atom. The van der Waals surface area contributed by atoms with Gasteiger partial charge in [-0.25, -0.2) is 8.42 Å². The van der Waals surface area contributed by atoms with Gasteiger partial charge in [0.15, 0.2) is 0 Å². The van der Waals surface area contributed by atoms with Gasteiger partial charge in [-0.15, -0.1) is 0 Å². The summed E-state index contributed by atoms with van der Waals surface area (Å²) < 4.78 is 27.1. The molecule has 1 heterocycles. The molecule has 0 amide bonds. The molecule has 1 aromatic heterocycles. The van der Waals surface area contributed by atoms with Gasteiger partial charge in [-0.3, -0.25) is 0 Å². The molecule has 0 aliphatic rings. The molecule has 0 unspecified atom stereocenters. The van der Waals surface area contributed by atoms with Gasteiger partial charge in [0.2, 0.25) is 9.05 Å². The Morgan fingerprint density at radius 2 is 2.20 bits per heavy atom. The molecule has 6 heteroatoms. The molecule has 0 saturated heterocycles. The van der Waals surface area contributed by atoms with Crippen LogP contribution < -0.4 is 0 Å². The van der Waals surface area contributed by atoms with Gasteiger partial charge in [0.25, 0.3) is 0 Å². The molecular formula is C9H8ClNO2S2. The van der Waals surface area contributed by atoms with Crippen LogP contribution in [0.1, 0.15) is 11.3 Å². The maximum absolute atomic E-state index is 10.9. The van der Waals surface area contributed by atoms with E-state index in [-0.39, 0.29) is 5.75 Å². The lowest BCUT2D eigenvalue weighted by Crippen LogP contribution is -1.94. The van der Waals surface area contributed by atoms with Crippen molar-refractivity contribution < 1.29 is 8.42 Å². The highest BCUT2D eigenvalue weighted by molar-refractivity contribution is 8.13. The van der Waals surface area contributed by atoms with Crippen molar-refractivity contribution in [3.05, 3.63) is 29.5 Å². The lowest BCUT2D eigenvalue weighted by Gasteiger charge is -1.98. The van der Waals surface area contributed by atoms with Crippen LogP contribution in [-0.4, -0.2) is 12.8 Å². The number of rotatable bonds is 2. The van der Waals surface area contributed by atoms with Gasteiger partial charge in [0.1, 0.15) is 0 Å². The summed E-state index contributed by atoms with van der Waals surface area (Å²) in [6.45, 7) is 1.90. The zero-order valence-electron chi connectivity index (χ0n) is 7.90. The summed E-state index contributed by atoms with van der Waals surface area (Å²) in [5.74, 6) is -0.139. The third-order valence-electron chi connectivity index (χ3n) is 2.05. The lowest BCUT2D eigenvalue weighted by molar-refractivity contribution is 0.609. The van der Waals surface area contributed by atoms with Crippen molar-refractivity contribution in [1.29, 1.82) is 0 Å². The Bertz CT molecular complexity index is 604. The second kappa shape index (κ2) is 3.73. The van der Waals surface area contributed by atoms with Gasteiger partial charge in [-0.05, 0) is 36.2 Å². The number of aromatic nitrogens is 1. The standard InChI is InChI=1S/C9H8ClNO2S2/c1-6-8-4-7(5-15(10,12)13)2-3-9(8)14-11-6/h2-4H,5H2,1H3. The summed E-state index contributed by atoms with van der Waals surface area (Å²) in [6.07, 6.45) is 0. The molecule has 0 atom stereocenters. The van der Waals surface area contributed by atoms with Gasteiger partial charge in [0, 0.05) is 16.1 Å². The van der Waals surface area contributed by atoms with Gasteiger partial charge < -0.3 is 0 Å². The maximum Gasteiger partial charge on any atom is 0.236 e. The zero-order chi connectivity index (χ0) is 11.1. The van der Waals surface area contributed by atoms with E-state index in [2.05, 4.69) is 4.37 Å². The van der Waals surface area contributed by atoms with E-state index >= 15 is 0 Å². The Hall–Kier alpha value is -0.650. The van der Waals surface area contributed by atoms with Crippen molar-refractivity contribution in [1.82, 2.24) is 4.37 Å². The second-order valence-corrected chi connectivity index (χ2v) is 6.86. The number of benzene rings is 1. The van der Waals surface area contributed by atoms with E-state index in [1.54, 1.807) is 6.07 Å². The SMILES string of the molecule is Cc1nsc2ccc(CS(=O)(=O)Cl)cc12. The molecule has 15 heavy (non-hydrogen) atoms. The lowest BCUT2D eigenvalue weighted by atomic mass is 10.1. The number of hydrogen-bond donors (Lipinski definition) is 0. The number of fused-ring (bicyclic) bond motifs is 1. The summed E-state index contributed by atoms with van der Waals surface area (Å²) >= 11 is 1.41. The van der Waals surface area contributed by atoms with Crippen LogP contribution in [-0.2, 0) is 14.8 Å². The van der Waals surface area contributed by atoms with Gasteiger partial charge in [0.05, 0.1) is 16.1 Å². The van der Waals surface area contributed by atoms with E-state index < -0.39 is 9.05 Å². The average molecular weight is 262 g/mol. The number of hydrogen-bond acceptors (Lipinski definition) is 4. The molecule has 80 valence electrons. The molecule has 0 fully saturated rings. The minimum Gasteiger partial charge on any atom is -0.212 e. The zero-order valence-corrected chi connectivity index (χ0v) is 10.3. The number of halogens is 1. The molecular weight excluding hydrogens is 254 g/mol. The van der Waals surface area contributed by atoms with Crippen LogP contribution in [0.4, 0.5) is 0 Å². The molecule has 1 aromatic carbocycles. The summed E-state index contributed by atoms with van der Waals surface area (Å²) in [6, 6.07) is 5.46.